The van der Waals surface area contributed by atoms with Crippen LogP contribution in [0.5, 0.6) is 0 Å². The third-order valence-corrected chi connectivity index (χ3v) is 6.52. The van der Waals surface area contributed by atoms with Gasteiger partial charge in [0, 0.05) is 12.5 Å². The maximum absolute atomic E-state index is 12.9. The molecule has 1 saturated heterocycles. The molecule has 168 valence electrons. The maximum atomic E-state index is 12.9. The number of carbonyl (C=O) groups is 3. The summed E-state index contributed by atoms with van der Waals surface area (Å²) in [5.74, 6) is -1.62. The second-order valence-corrected chi connectivity index (χ2v) is 8.63. The number of hydrogen-bond acceptors (Lipinski definition) is 4. The van der Waals surface area contributed by atoms with Crippen LogP contribution < -0.4 is 5.32 Å². The molecule has 4 rings (SSSR count). The van der Waals surface area contributed by atoms with Gasteiger partial charge in [0.25, 0.3) is 0 Å². The normalized spacial score (nSPS) is 20.8. The predicted molar refractivity (Wildman–Crippen MR) is 119 cm³/mol. The van der Waals surface area contributed by atoms with E-state index in [0.717, 1.165) is 35.1 Å². The molecule has 32 heavy (non-hydrogen) atoms. The summed E-state index contributed by atoms with van der Waals surface area (Å²) in [6.07, 6.45) is 0.813. The number of amides is 2. The molecule has 2 aromatic rings. The first-order valence-corrected chi connectivity index (χ1v) is 11.0. The van der Waals surface area contributed by atoms with Crippen molar-refractivity contribution in [2.24, 2.45) is 5.92 Å². The molecule has 1 aliphatic carbocycles. The van der Waals surface area contributed by atoms with Crippen LogP contribution in [0.4, 0.5) is 4.79 Å². The summed E-state index contributed by atoms with van der Waals surface area (Å²) in [5.41, 5.74) is 4.49. The van der Waals surface area contributed by atoms with Crippen molar-refractivity contribution in [2.45, 2.75) is 44.7 Å². The SMILES string of the molecule is CC1CCCN(C(=O)[C@@H](C)NC(=O)OCC2c3ccccc3-c3ccccc32)C1C(=O)O. The van der Waals surface area contributed by atoms with E-state index in [9.17, 15) is 19.5 Å². The highest BCUT2D eigenvalue weighted by Gasteiger charge is 2.39. The molecular weight excluding hydrogens is 408 g/mol. The van der Waals surface area contributed by atoms with Crippen LogP contribution in [0.1, 0.15) is 43.7 Å². The van der Waals surface area contributed by atoms with Crippen molar-refractivity contribution in [3.63, 3.8) is 0 Å². The minimum Gasteiger partial charge on any atom is -0.480 e. The number of piperidine rings is 1. The van der Waals surface area contributed by atoms with Crippen molar-refractivity contribution in [1.29, 1.82) is 0 Å². The molecule has 1 fully saturated rings. The Morgan fingerprint density at radius 1 is 1.09 bits per heavy atom. The zero-order valence-electron chi connectivity index (χ0n) is 18.3. The topological polar surface area (TPSA) is 95.9 Å². The number of likely N-dealkylation sites (tertiary alicyclic amines) is 1. The minimum absolute atomic E-state index is 0.0708. The Bertz CT molecular complexity index is 991. The summed E-state index contributed by atoms with van der Waals surface area (Å²) in [7, 11) is 0. The quantitative estimate of drug-likeness (QED) is 0.746. The Morgan fingerprint density at radius 3 is 2.28 bits per heavy atom. The van der Waals surface area contributed by atoms with Crippen LogP contribution in [0.3, 0.4) is 0 Å². The summed E-state index contributed by atoms with van der Waals surface area (Å²) in [6.45, 7) is 3.92. The molecule has 0 radical (unpaired) electrons. The van der Waals surface area contributed by atoms with Crippen molar-refractivity contribution in [1.82, 2.24) is 10.2 Å². The van der Waals surface area contributed by atoms with Crippen LogP contribution in [-0.2, 0) is 14.3 Å². The average Bonchev–Trinajstić information content (AvgIpc) is 3.10. The van der Waals surface area contributed by atoms with E-state index in [-0.39, 0.29) is 18.4 Å². The maximum Gasteiger partial charge on any atom is 0.407 e. The van der Waals surface area contributed by atoms with E-state index >= 15 is 0 Å². The Balaban J connectivity index is 1.39. The summed E-state index contributed by atoms with van der Waals surface area (Å²) < 4.78 is 5.51. The van der Waals surface area contributed by atoms with Gasteiger partial charge >= 0.3 is 12.1 Å². The van der Waals surface area contributed by atoms with E-state index in [1.54, 1.807) is 6.92 Å². The Labute approximate surface area is 187 Å². The first-order chi connectivity index (χ1) is 15.4. The van der Waals surface area contributed by atoms with Crippen molar-refractivity contribution >= 4 is 18.0 Å². The number of hydrogen-bond donors (Lipinski definition) is 2. The first kappa shape index (κ1) is 21.9. The van der Waals surface area contributed by atoms with Gasteiger partial charge in [-0.05, 0) is 47.9 Å². The van der Waals surface area contributed by atoms with Crippen LogP contribution in [0.15, 0.2) is 48.5 Å². The molecule has 1 aliphatic heterocycles. The molecule has 2 amide bonds. The van der Waals surface area contributed by atoms with Gasteiger partial charge in [-0.15, -0.1) is 0 Å². The van der Waals surface area contributed by atoms with Crippen molar-refractivity contribution in [3.05, 3.63) is 59.7 Å². The zero-order valence-corrected chi connectivity index (χ0v) is 18.3. The predicted octanol–water partition coefficient (Wildman–Crippen LogP) is 3.63. The molecular formula is C25H28N2O5. The van der Waals surface area contributed by atoms with Crippen molar-refractivity contribution in [2.75, 3.05) is 13.2 Å². The van der Waals surface area contributed by atoms with Crippen LogP contribution in [0, 0.1) is 5.92 Å². The summed E-state index contributed by atoms with van der Waals surface area (Å²) in [6, 6.07) is 14.4. The highest BCUT2D eigenvalue weighted by Crippen LogP contribution is 2.44. The summed E-state index contributed by atoms with van der Waals surface area (Å²) >= 11 is 0. The third-order valence-electron chi connectivity index (χ3n) is 6.52. The van der Waals surface area contributed by atoms with Crippen LogP contribution >= 0.6 is 0 Å². The number of carbonyl (C=O) groups excluding carboxylic acids is 2. The molecule has 3 atom stereocenters. The molecule has 2 unspecified atom stereocenters. The largest absolute Gasteiger partial charge is 0.480 e. The fourth-order valence-corrected chi connectivity index (χ4v) is 4.94. The number of rotatable bonds is 5. The van der Waals surface area contributed by atoms with Crippen LogP contribution in [0.25, 0.3) is 11.1 Å². The van der Waals surface area contributed by atoms with Gasteiger partial charge in [-0.1, -0.05) is 55.5 Å². The molecule has 7 heteroatoms. The monoisotopic (exact) mass is 436 g/mol. The van der Waals surface area contributed by atoms with Gasteiger partial charge in [-0.3, -0.25) is 4.79 Å². The molecule has 2 N–H and O–H groups in total. The molecule has 7 nitrogen and oxygen atoms in total. The second-order valence-electron chi connectivity index (χ2n) is 8.63. The number of aliphatic carboxylic acids is 1. The summed E-state index contributed by atoms with van der Waals surface area (Å²) in [4.78, 5) is 38.4. The lowest BCUT2D eigenvalue weighted by Gasteiger charge is -2.38. The molecule has 0 saturated carbocycles. The fraction of sp³-hybridized carbons (Fsp3) is 0.400. The summed E-state index contributed by atoms with van der Waals surface area (Å²) in [5, 5.41) is 12.1. The Kier molecular flexibility index (Phi) is 6.17. The first-order valence-electron chi connectivity index (χ1n) is 11.0. The van der Waals surface area contributed by atoms with Gasteiger partial charge in [-0.2, -0.15) is 0 Å². The molecule has 1 heterocycles. The number of nitrogens with one attached hydrogen (secondary N) is 1. The lowest BCUT2D eigenvalue weighted by molar-refractivity contribution is -0.155. The standard InChI is InChI=1S/C25H28N2O5/c1-15-8-7-13-27(22(15)24(29)30)23(28)16(2)26-25(31)32-14-21-19-11-5-3-9-17(19)18-10-4-6-12-20(18)21/h3-6,9-12,15-16,21-22H,7-8,13-14H2,1-2H3,(H,26,31)(H,29,30)/t15?,16-,22?/m1/s1. The van der Waals surface area contributed by atoms with Gasteiger partial charge in [0.1, 0.15) is 18.7 Å². The van der Waals surface area contributed by atoms with E-state index in [0.29, 0.717) is 6.54 Å². The van der Waals surface area contributed by atoms with Crippen molar-refractivity contribution in [3.8, 4) is 11.1 Å². The number of benzene rings is 2. The molecule has 2 aromatic carbocycles. The number of alkyl carbamates (subject to hydrolysis) is 1. The molecule has 0 aromatic heterocycles. The van der Waals surface area contributed by atoms with E-state index in [2.05, 4.69) is 17.4 Å². The van der Waals surface area contributed by atoms with Gasteiger partial charge < -0.3 is 20.1 Å². The van der Waals surface area contributed by atoms with E-state index in [1.165, 1.54) is 4.90 Å². The van der Waals surface area contributed by atoms with Gasteiger partial charge in [0.2, 0.25) is 5.91 Å². The van der Waals surface area contributed by atoms with E-state index in [1.807, 2.05) is 43.3 Å². The number of fused-ring (bicyclic) bond motifs is 3. The van der Waals surface area contributed by atoms with Gasteiger partial charge in [0.15, 0.2) is 0 Å². The smallest absolute Gasteiger partial charge is 0.407 e. The van der Waals surface area contributed by atoms with E-state index < -0.39 is 30.1 Å². The molecule has 2 aliphatic rings. The third kappa shape index (κ3) is 4.07. The van der Waals surface area contributed by atoms with Crippen LogP contribution in [0.2, 0.25) is 0 Å². The second kappa shape index (κ2) is 9.02. The van der Waals surface area contributed by atoms with Crippen LogP contribution in [-0.4, -0.2) is 53.2 Å². The lowest BCUT2D eigenvalue weighted by Crippen LogP contribution is -2.57. The van der Waals surface area contributed by atoms with Gasteiger partial charge in [-0.25, -0.2) is 9.59 Å². The van der Waals surface area contributed by atoms with Gasteiger partial charge in [0.05, 0.1) is 0 Å². The number of ether oxygens (including phenoxy) is 1. The molecule has 0 bridgehead atoms. The number of carboxylic acid groups (broad SMARTS) is 1. The number of nitrogens with zero attached hydrogens (tertiary/aromatic N) is 1. The Hall–Kier alpha value is -3.35. The fourth-order valence-electron chi connectivity index (χ4n) is 4.94. The minimum atomic E-state index is -1.01. The average molecular weight is 437 g/mol. The Morgan fingerprint density at radius 2 is 1.69 bits per heavy atom. The molecule has 0 spiro atoms. The van der Waals surface area contributed by atoms with Crippen molar-refractivity contribution < 1.29 is 24.2 Å². The highest BCUT2D eigenvalue weighted by atomic mass is 16.5. The lowest BCUT2D eigenvalue weighted by atomic mass is 9.90. The highest BCUT2D eigenvalue weighted by molar-refractivity contribution is 5.89. The van der Waals surface area contributed by atoms with E-state index in [4.69, 9.17) is 4.74 Å². The zero-order chi connectivity index (χ0) is 22.8. The number of carboxylic acids is 1.